The second-order valence-corrected chi connectivity index (χ2v) is 8.94. The van der Waals surface area contributed by atoms with Gasteiger partial charge in [0.1, 0.15) is 0 Å². The lowest BCUT2D eigenvalue weighted by Gasteiger charge is -2.07. The van der Waals surface area contributed by atoms with E-state index in [9.17, 15) is 9.59 Å². The predicted octanol–water partition coefficient (Wildman–Crippen LogP) is 3.50. The van der Waals surface area contributed by atoms with E-state index in [0.29, 0.717) is 22.5 Å². The van der Waals surface area contributed by atoms with Gasteiger partial charge in [0.25, 0.3) is 0 Å². The van der Waals surface area contributed by atoms with Crippen LogP contribution in [0.25, 0.3) is 5.69 Å². The molecule has 0 saturated heterocycles. The number of thiophene rings is 1. The highest BCUT2D eigenvalue weighted by Gasteiger charge is 2.15. The first-order chi connectivity index (χ1) is 13.9. The topological polar surface area (TPSA) is 89.8 Å². The van der Waals surface area contributed by atoms with E-state index >= 15 is 0 Å². The molecule has 0 aliphatic carbocycles. The van der Waals surface area contributed by atoms with Gasteiger partial charge in [-0.25, -0.2) is 0 Å². The van der Waals surface area contributed by atoms with Crippen LogP contribution in [0.1, 0.15) is 46.8 Å². The summed E-state index contributed by atoms with van der Waals surface area (Å²) in [4.78, 5) is 25.3. The molecule has 1 aromatic carbocycles. The van der Waals surface area contributed by atoms with Crippen LogP contribution >= 0.6 is 23.1 Å². The van der Waals surface area contributed by atoms with Crippen LogP contribution in [0.15, 0.2) is 41.6 Å². The first-order valence-electron chi connectivity index (χ1n) is 9.32. The van der Waals surface area contributed by atoms with Crippen LogP contribution in [-0.4, -0.2) is 44.2 Å². The number of nitrogens with zero attached hydrogens (tertiary/aromatic N) is 4. The first kappa shape index (κ1) is 21.2. The molecular weight excluding hydrogens is 406 g/mol. The molecule has 2 aromatic heterocycles. The third-order valence-electron chi connectivity index (χ3n) is 4.26. The summed E-state index contributed by atoms with van der Waals surface area (Å²) in [5.74, 6) is 0.704. The zero-order valence-corrected chi connectivity index (χ0v) is 18.2. The summed E-state index contributed by atoms with van der Waals surface area (Å²) in [6.07, 6.45) is 0.718. The second-order valence-electron chi connectivity index (χ2n) is 6.83. The van der Waals surface area contributed by atoms with Crippen LogP contribution in [0.5, 0.6) is 0 Å². The number of benzene rings is 1. The van der Waals surface area contributed by atoms with Crippen LogP contribution < -0.4 is 5.32 Å². The number of hydrogen-bond donors (Lipinski definition) is 1. The maximum Gasteiger partial charge on any atom is 0.216 e. The average Bonchev–Trinajstić information content (AvgIpc) is 3.35. The van der Waals surface area contributed by atoms with Gasteiger partial charge >= 0.3 is 0 Å². The maximum atomic E-state index is 12.5. The molecule has 152 valence electrons. The number of Topliss-reactive ketones (excluding diaryl/α,β-unsaturated/α-hetero) is 1. The van der Waals surface area contributed by atoms with Crippen LogP contribution in [-0.2, 0) is 11.2 Å². The molecule has 7 nitrogen and oxygen atoms in total. The van der Waals surface area contributed by atoms with Crippen LogP contribution in [0.3, 0.4) is 0 Å². The third kappa shape index (κ3) is 5.74. The van der Waals surface area contributed by atoms with Crippen molar-refractivity contribution < 1.29 is 9.59 Å². The van der Waals surface area contributed by atoms with Gasteiger partial charge in [0.15, 0.2) is 5.78 Å². The molecule has 0 aliphatic rings. The Morgan fingerprint density at radius 2 is 1.93 bits per heavy atom. The van der Waals surface area contributed by atoms with Crippen LogP contribution in [0.4, 0.5) is 0 Å². The van der Waals surface area contributed by atoms with Gasteiger partial charge in [0, 0.05) is 18.3 Å². The molecule has 9 heteroatoms. The van der Waals surface area contributed by atoms with E-state index in [1.807, 2.05) is 24.3 Å². The molecule has 0 bridgehead atoms. The van der Waals surface area contributed by atoms with E-state index in [1.165, 1.54) is 35.6 Å². The molecule has 3 rings (SSSR count). The van der Waals surface area contributed by atoms with E-state index in [4.69, 9.17) is 0 Å². The average molecular weight is 430 g/mol. The van der Waals surface area contributed by atoms with E-state index in [2.05, 4.69) is 46.8 Å². The lowest BCUT2D eigenvalue weighted by Crippen LogP contribution is -2.22. The fourth-order valence-electron chi connectivity index (χ4n) is 2.66. The largest absolute Gasteiger partial charge is 0.356 e. The molecule has 1 amide bonds. The highest BCUT2D eigenvalue weighted by atomic mass is 32.2. The van der Waals surface area contributed by atoms with Gasteiger partial charge in [-0.3, -0.25) is 9.59 Å². The van der Waals surface area contributed by atoms with Gasteiger partial charge < -0.3 is 5.32 Å². The fraction of sp³-hybridized carbons (Fsp3) is 0.350. The Balaban J connectivity index is 1.59. The Morgan fingerprint density at radius 3 is 2.62 bits per heavy atom. The quantitative estimate of drug-likeness (QED) is 0.414. The number of amides is 1. The highest BCUT2D eigenvalue weighted by Crippen LogP contribution is 2.24. The molecule has 3 aromatic rings. The molecule has 0 unspecified atom stereocenters. The summed E-state index contributed by atoms with van der Waals surface area (Å²) < 4.78 is 1.65. The van der Waals surface area contributed by atoms with E-state index in [1.54, 1.807) is 4.68 Å². The Hall–Kier alpha value is -2.52. The normalized spacial score (nSPS) is 11.0. The van der Waals surface area contributed by atoms with Crippen molar-refractivity contribution in [1.29, 1.82) is 0 Å². The van der Waals surface area contributed by atoms with Gasteiger partial charge in [0.05, 0.1) is 16.3 Å². The number of carbonyl (C=O) groups is 2. The zero-order chi connectivity index (χ0) is 20.8. The van der Waals surface area contributed by atoms with Crippen molar-refractivity contribution in [3.63, 3.8) is 0 Å². The lowest BCUT2D eigenvalue weighted by molar-refractivity contribution is -0.118. The highest BCUT2D eigenvalue weighted by molar-refractivity contribution is 7.99. The van der Waals surface area contributed by atoms with E-state index in [-0.39, 0.29) is 17.4 Å². The molecule has 0 spiro atoms. The zero-order valence-electron chi connectivity index (χ0n) is 16.6. The van der Waals surface area contributed by atoms with Crippen molar-refractivity contribution in [2.75, 3.05) is 12.3 Å². The molecule has 1 N–H and O–H groups in total. The summed E-state index contributed by atoms with van der Waals surface area (Å²) >= 11 is 2.78. The van der Waals surface area contributed by atoms with Crippen molar-refractivity contribution in [1.82, 2.24) is 25.5 Å². The molecule has 29 heavy (non-hydrogen) atoms. The Labute approximate surface area is 177 Å². The minimum Gasteiger partial charge on any atom is -0.356 e. The standard InChI is InChI=1S/C20H23N5O2S2/c1-13(2)15-4-6-16(7-5-15)25-20(22-23-24-25)28-12-18(27)19-9-8-17(29-19)10-11-21-14(3)26/h4-9,13H,10-12H2,1-3H3,(H,21,26). The van der Waals surface area contributed by atoms with Crippen molar-refractivity contribution in [2.24, 2.45) is 0 Å². The number of ketones is 1. The monoisotopic (exact) mass is 429 g/mol. The van der Waals surface area contributed by atoms with E-state index < -0.39 is 0 Å². The number of hydrogen-bond acceptors (Lipinski definition) is 7. The van der Waals surface area contributed by atoms with Crippen LogP contribution in [0, 0.1) is 0 Å². The number of nitrogens with one attached hydrogen (secondary N) is 1. The fourth-order valence-corrected chi connectivity index (χ4v) is 4.47. The van der Waals surface area contributed by atoms with E-state index in [0.717, 1.165) is 17.0 Å². The van der Waals surface area contributed by atoms with Crippen molar-refractivity contribution in [3.05, 3.63) is 51.7 Å². The predicted molar refractivity (Wildman–Crippen MR) is 115 cm³/mol. The lowest BCUT2D eigenvalue weighted by atomic mass is 10.0. The summed E-state index contributed by atoms with van der Waals surface area (Å²) in [5, 5.41) is 15.2. The summed E-state index contributed by atoms with van der Waals surface area (Å²) in [5.41, 5.74) is 2.11. The number of aromatic nitrogens is 4. The summed E-state index contributed by atoms with van der Waals surface area (Å²) in [6.45, 7) is 6.36. The number of carbonyl (C=O) groups excluding carboxylic acids is 2. The molecule has 0 aliphatic heterocycles. The van der Waals surface area contributed by atoms with Crippen molar-refractivity contribution >= 4 is 34.8 Å². The van der Waals surface area contributed by atoms with Crippen LogP contribution in [0.2, 0.25) is 0 Å². The Kier molecular flexibility index (Phi) is 7.16. The number of rotatable bonds is 9. The second kappa shape index (κ2) is 9.80. The minimum absolute atomic E-state index is 0.0375. The number of thioether (sulfide) groups is 1. The third-order valence-corrected chi connectivity index (χ3v) is 6.36. The maximum absolute atomic E-state index is 12.5. The van der Waals surface area contributed by atoms with Gasteiger partial charge in [-0.15, -0.1) is 16.4 Å². The smallest absolute Gasteiger partial charge is 0.216 e. The SMILES string of the molecule is CC(=O)NCCc1ccc(C(=O)CSc2nnnn2-c2ccc(C(C)C)cc2)s1. The van der Waals surface area contributed by atoms with Gasteiger partial charge in [-0.1, -0.05) is 37.7 Å². The molecular formula is C20H23N5O2S2. The summed E-state index contributed by atoms with van der Waals surface area (Å²) in [6, 6.07) is 11.9. The number of tetrazole rings is 1. The molecule has 0 atom stereocenters. The van der Waals surface area contributed by atoms with Crippen molar-refractivity contribution in [3.8, 4) is 5.69 Å². The minimum atomic E-state index is -0.0502. The van der Waals surface area contributed by atoms with Gasteiger partial charge in [-0.05, 0) is 52.6 Å². The van der Waals surface area contributed by atoms with Gasteiger partial charge in [0.2, 0.25) is 11.1 Å². The van der Waals surface area contributed by atoms with Crippen molar-refractivity contribution in [2.45, 2.75) is 38.3 Å². The first-order valence-corrected chi connectivity index (χ1v) is 11.1. The Bertz CT molecular complexity index is 979. The molecule has 0 radical (unpaired) electrons. The summed E-state index contributed by atoms with van der Waals surface area (Å²) in [7, 11) is 0. The molecule has 2 heterocycles. The Morgan fingerprint density at radius 1 is 1.17 bits per heavy atom. The van der Waals surface area contributed by atoms with Gasteiger partial charge in [-0.2, -0.15) is 4.68 Å². The molecule has 0 saturated carbocycles. The molecule has 0 fully saturated rings.